The maximum atomic E-state index is 4.53. The molecule has 0 amide bonds. The van der Waals surface area contributed by atoms with Crippen LogP contribution in [0.15, 0.2) is 28.7 Å². The lowest BCUT2D eigenvalue weighted by Crippen LogP contribution is -2.21. The Balaban J connectivity index is 1.88. The molecule has 6 nitrogen and oxygen atoms in total. The smallest absolute Gasteiger partial charge is 0.233 e. The summed E-state index contributed by atoms with van der Waals surface area (Å²) in [6.45, 7) is 2.01. The van der Waals surface area contributed by atoms with Crippen molar-refractivity contribution in [2.75, 3.05) is 35.7 Å². The summed E-state index contributed by atoms with van der Waals surface area (Å²) in [6, 6.07) is 7.91. The van der Waals surface area contributed by atoms with Crippen LogP contribution in [0.3, 0.4) is 0 Å². The first-order valence-electron chi connectivity index (χ1n) is 6.96. The predicted molar refractivity (Wildman–Crippen MR) is 88.2 cm³/mol. The van der Waals surface area contributed by atoms with Crippen molar-refractivity contribution in [1.29, 1.82) is 0 Å². The molecule has 1 aromatic carbocycles. The van der Waals surface area contributed by atoms with Crippen molar-refractivity contribution in [2.45, 2.75) is 12.8 Å². The van der Waals surface area contributed by atoms with E-state index in [9.17, 15) is 0 Å². The molecular formula is C14H17BrN6. The van der Waals surface area contributed by atoms with Gasteiger partial charge in [-0.25, -0.2) is 0 Å². The minimum absolute atomic E-state index is 0.550. The van der Waals surface area contributed by atoms with Crippen LogP contribution in [0.4, 0.5) is 23.5 Å². The topological polar surface area (TPSA) is 66.0 Å². The second-order valence-electron chi connectivity index (χ2n) is 4.86. The van der Waals surface area contributed by atoms with E-state index in [1.807, 2.05) is 31.3 Å². The first-order valence-corrected chi connectivity index (χ1v) is 7.75. The third-order valence-corrected chi connectivity index (χ3v) is 3.81. The van der Waals surface area contributed by atoms with Crippen molar-refractivity contribution >= 4 is 39.5 Å². The Kier molecular flexibility index (Phi) is 4.19. The normalized spacial score (nSPS) is 14.3. The molecule has 1 saturated heterocycles. The molecule has 21 heavy (non-hydrogen) atoms. The molecule has 1 fully saturated rings. The molecule has 0 atom stereocenters. The molecule has 1 aromatic heterocycles. The Bertz CT molecular complexity index is 627. The number of hydrogen-bond donors (Lipinski definition) is 2. The number of rotatable bonds is 4. The zero-order valence-electron chi connectivity index (χ0n) is 11.8. The number of nitrogens with one attached hydrogen (secondary N) is 2. The second kappa shape index (κ2) is 6.26. The monoisotopic (exact) mass is 348 g/mol. The number of halogens is 1. The van der Waals surface area contributed by atoms with Gasteiger partial charge in [0.2, 0.25) is 17.8 Å². The SMILES string of the molecule is CNc1nc(Nc2cccc(Br)c2)nc(N2CCCC2)n1. The summed E-state index contributed by atoms with van der Waals surface area (Å²) < 4.78 is 1.01. The molecule has 1 aliphatic heterocycles. The van der Waals surface area contributed by atoms with Gasteiger partial charge in [-0.15, -0.1) is 0 Å². The third-order valence-electron chi connectivity index (χ3n) is 3.32. The van der Waals surface area contributed by atoms with E-state index in [-0.39, 0.29) is 0 Å². The van der Waals surface area contributed by atoms with Crippen molar-refractivity contribution in [2.24, 2.45) is 0 Å². The minimum atomic E-state index is 0.550. The van der Waals surface area contributed by atoms with Gasteiger partial charge in [0.1, 0.15) is 0 Å². The van der Waals surface area contributed by atoms with Crippen LogP contribution in [-0.2, 0) is 0 Å². The van der Waals surface area contributed by atoms with E-state index < -0.39 is 0 Å². The number of hydrogen-bond acceptors (Lipinski definition) is 6. The van der Waals surface area contributed by atoms with Crippen LogP contribution in [0.25, 0.3) is 0 Å². The van der Waals surface area contributed by atoms with E-state index in [1.54, 1.807) is 0 Å². The van der Waals surface area contributed by atoms with Gasteiger partial charge in [-0.3, -0.25) is 0 Å². The van der Waals surface area contributed by atoms with Crippen LogP contribution in [0.1, 0.15) is 12.8 Å². The molecule has 110 valence electrons. The van der Waals surface area contributed by atoms with Crippen LogP contribution in [0.2, 0.25) is 0 Å². The molecule has 1 aliphatic rings. The fraction of sp³-hybridized carbons (Fsp3) is 0.357. The maximum Gasteiger partial charge on any atom is 0.233 e. The van der Waals surface area contributed by atoms with Gasteiger partial charge in [-0.1, -0.05) is 22.0 Å². The van der Waals surface area contributed by atoms with Gasteiger partial charge in [0, 0.05) is 30.3 Å². The van der Waals surface area contributed by atoms with E-state index in [0.29, 0.717) is 11.9 Å². The van der Waals surface area contributed by atoms with E-state index in [0.717, 1.165) is 29.2 Å². The Morgan fingerprint density at radius 1 is 1.10 bits per heavy atom. The molecule has 0 unspecified atom stereocenters. The summed E-state index contributed by atoms with van der Waals surface area (Å²) in [5.74, 6) is 1.85. The van der Waals surface area contributed by atoms with Crippen LogP contribution in [0.5, 0.6) is 0 Å². The zero-order valence-corrected chi connectivity index (χ0v) is 13.4. The van der Waals surface area contributed by atoms with Gasteiger partial charge in [0.15, 0.2) is 0 Å². The summed E-state index contributed by atoms with van der Waals surface area (Å²) >= 11 is 3.46. The van der Waals surface area contributed by atoms with Crippen molar-refractivity contribution in [1.82, 2.24) is 15.0 Å². The molecule has 0 aliphatic carbocycles. The Morgan fingerprint density at radius 3 is 2.57 bits per heavy atom. The van der Waals surface area contributed by atoms with Gasteiger partial charge in [-0.2, -0.15) is 15.0 Å². The van der Waals surface area contributed by atoms with Crippen LogP contribution >= 0.6 is 15.9 Å². The third kappa shape index (κ3) is 3.41. The second-order valence-corrected chi connectivity index (χ2v) is 5.78. The highest BCUT2D eigenvalue weighted by molar-refractivity contribution is 9.10. The maximum absolute atomic E-state index is 4.53. The first kappa shape index (κ1) is 14.1. The average molecular weight is 349 g/mol. The number of aromatic nitrogens is 3. The predicted octanol–water partition coefficient (Wildman–Crippen LogP) is 3.02. The molecule has 0 spiro atoms. The number of benzene rings is 1. The van der Waals surface area contributed by atoms with Crippen LogP contribution in [-0.4, -0.2) is 35.1 Å². The van der Waals surface area contributed by atoms with Crippen molar-refractivity contribution in [3.8, 4) is 0 Å². The summed E-state index contributed by atoms with van der Waals surface area (Å²) in [6.07, 6.45) is 2.38. The zero-order chi connectivity index (χ0) is 14.7. The molecule has 2 N–H and O–H groups in total. The first-order chi connectivity index (χ1) is 10.2. The molecule has 2 aromatic rings. The molecule has 3 rings (SSSR count). The highest BCUT2D eigenvalue weighted by Gasteiger charge is 2.17. The number of nitrogens with zero attached hydrogens (tertiary/aromatic N) is 4. The lowest BCUT2D eigenvalue weighted by molar-refractivity contribution is 0.885. The minimum Gasteiger partial charge on any atom is -0.357 e. The van der Waals surface area contributed by atoms with Gasteiger partial charge in [-0.05, 0) is 31.0 Å². The largest absolute Gasteiger partial charge is 0.357 e. The van der Waals surface area contributed by atoms with Crippen LogP contribution in [0, 0.1) is 0 Å². The molecular weight excluding hydrogens is 332 g/mol. The van der Waals surface area contributed by atoms with Crippen molar-refractivity contribution in [3.63, 3.8) is 0 Å². The Morgan fingerprint density at radius 2 is 1.86 bits per heavy atom. The average Bonchev–Trinajstić information content (AvgIpc) is 3.01. The molecule has 2 heterocycles. The Labute approximate surface area is 132 Å². The number of anilines is 4. The van der Waals surface area contributed by atoms with E-state index >= 15 is 0 Å². The lowest BCUT2D eigenvalue weighted by Gasteiger charge is -2.16. The standard InChI is InChI=1S/C14H17BrN6/c1-16-12-18-13(17-11-6-4-5-10(15)9-11)20-14(19-12)21-7-2-3-8-21/h4-6,9H,2-3,7-8H2,1H3,(H2,16,17,18,19,20). The molecule has 0 saturated carbocycles. The summed E-state index contributed by atoms with van der Waals surface area (Å²) in [7, 11) is 1.81. The summed E-state index contributed by atoms with van der Waals surface area (Å²) in [5, 5.41) is 6.21. The fourth-order valence-corrected chi connectivity index (χ4v) is 2.69. The fourth-order valence-electron chi connectivity index (χ4n) is 2.29. The molecule has 0 bridgehead atoms. The highest BCUT2D eigenvalue weighted by atomic mass is 79.9. The van der Waals surface area contributed by atoms with E-state index in [1.165, 1.54) is 12.8 Å². The van der Waals surface area contributed by atoms with Gasteiger partial charge in [0.05, 0.1) is 0 Å². The Hall–Kier alpha value is -1.89. The lowest BCUT2D eigenvalue weighted by atomic mass is 10.3. The van der Waals surface area contributed by atoms with Gasteiger partial charge in [0.25, 0.3) is 0 Å². The van der Waals surface area contributed by atoms with Crippen molar-refractivity contribution < 1.29 is 0 Å². The van der Waals surface area contributed by atoms with Gasteiger partial charge < -0.3 is 15.5 Å². The molecule has 0 radical (unpaired) electrons. The quantitative estimate of drug-likeness (QED) is 0.885. The van der Waals surface area contributed by atoms with E-state index in [2.05, 4.69) is 46.4 Å². The summed E-state index contributed by atoms with van der Waals surface area (Å²) in [4.78, 5) is 15.5. The summed E-state index contributed by atoms with van der Waals surface area (Å²) in [5.41, 5.74) is 0.935. The van der Waals surface area contributed by atoms with Crippen molar-refractivity contribution in [3.05, 3.63) is 28.7 Å². The van der Waals surface area contributed by atoms with E-state index in [4.69, 9.17) is 0 Å². The molecule has 7 heteroatoms. The van der Waals surface area contributed by atoms with Gasteiger partial charge >= 0.3 is 0 Å². The highest BCUT2D eigenvalue weighted by Crippen LogP contribution is 2.22. The van der Waals surface area contributed by atoms with Crippen LogP contribution < -0.4 is 15.5 Å².